The smallest absolute Gasteiger partial charge is 0.306 e. The van der Waals surface area contributed by atoms with E-state index in [1.807, 2.05) is 25.1 Å². The maximum absolute atomic E-state index is 11.6. The molecule has 1 fully saturated rings. The van der Waals surface area contributed by atoms with Gasteiger partial charge in [-0.25, -0.2) is 0 Å². The third-order valence-corrected chi connectivity index (χ3v) is 4.52. The Morgan fingerprint density at radius 3 is 3.00 bits per heavy atom. The molecular weight excluding hydrogens is 360 g/mol. The highest BCUT2D eigenvalue weighted by Gasteiger charge is 2.17. The third-order valence-electron chi connectivity index (χ3n) is 4.52. The fourth-order valence-corrected chi connectivity index (χ4v) is 3.13. The van der Waals surface area contributed by atoms with Crippen LogP contribution in [-0.4, -0.2) is 60.8 Å². The van der Waals surface area contributed by atoms with Crippen molar-refractivity contribution in [1.82, 2.24) is 10.2 Å². The highest BCUT2D eigenvalue weighted by atomic mass is 16.5. The van der Waals surface area contributed by atoms with Crippen LogP contribution in [0.5, 0.6) is 5.75 Å². The second kappa shape index (κ2) is 12.4. The minimum Gasteiger partial charge on any atom is -0.494 e. The van der Waals surface area contributed by atoms with Crippen molar-refractivity contribution < 1.29 is 24.2 Å². The lowest BCUT2D eigenvalue weighted by atomic mass is 10.1. The molecular formula is C21H32N2O5. The van der Waals surface area contributed by atoms with Crippen molar-refractivity contribution in [3.63, 3.8) is 0 Å². The van der Waals surface area contributed by atoms with Crippen LogP contribution in [-0.2, 0) is 20.9 Å². The largest absolute Gasteiger partial charge is 0.494 e. The summed E-state index contributed by atoms with van der Waals surface area (Å²) in [6.45, 7) is 5.15. The number of nitrogens with zero attached hydrogens (tertiary/aromatic N) is 1. The van der Waals surface area contributed by atoms with Crippen LogP contribution in [0.4, 0.5) is 0 Å². The number of nitrogens with one attached hydrogen (secondary N) is 1. The van der Waals surface area contributed by atoms with E-state index in [0.29, 0.717) is 32.4 Å². The second-order valence-electron chi connectivity index (χ2n) is 7.14. The molecule has 1 heterocycles. The molecule has 1 saturated heterocycles. The van der Waals surface area contributed by atoms with Gasteiger partial charge in [0.2, 0.25) is 0 Å². The Hall–Kier alpha value is -2.12. The van der Waals surface area contributed by atoms with Gasteiger partial charge in [-0.15, -0.1) is 0 Å². The molecule has 0 aromatic heterocycles. The summed E-state index contributed by atoms with van der Waals surface area (Å²) in [6, 6.07) is 7.97. The quantitative estimate of drug-likeness (QED) is 0.442. The number of amides is 1. The molecule has 1 aromatic carbocycles. The Morgan fingerprint density at radius 1 is 1.36 bits per heavy atom. The monoisotopic (exact) mass is 392 g/mol. The molecule has 0 radical (unpaired) electrons. The van der Waals surface area contributed by atoms with E-state index in [0.717, 1.165) is 43.8 Å². The number of carbonyl (C=O) groups is 2. The fraction of sp³-hybridized carbons (Fsp3) is 0.619. The van der Waals surface area contributed by atoms with E-state index < -0.39 is 0 Å². The lowest BCUT2D eigenvalue weighted by Gasteiger charge is -2.30. The van der Waals surface area contributed by atoms with Crippen molar-refractivity contribution in [3.8, 4) is 5.75 Å². The highest BCUT2D eigenvalue weighted by molar-refractivity contribution is 5.80. The molecule has 1 aliphatic heterocycles. The molecule has 156 valence electrons. The molecule has 1 atom stereocenters. The standard InChI is InChI=1S/C21H32N2O5/c1-2-6-21(26)28-16-20(25)22-10-5-12-27-19-9-3-7-17(13-19)14-23-11-4-8-18(24)15-23/h3,7,9,13,18,24H,2,4-6,8,10-12,14-16H2,1H3,(H,22,25). The Morgan fingerprint density at radius 2 is 2.21 bits per heavy atom. The SMILES string of the molecule is CCCC(=O)OCC(=O)NCCCOc1cccc(CN2CCCC(O)C2)c1. The van der Waals surface area contributed by atoms with Gasteiger partial charge in [0.25, 0.3) is 5.91 Å². The minimum absolute atomic E-state index is 0.224. The number of benzene rings is 1. The molecule has 1 unspecified atom stereocenters. The summed E-state index contributed by atoms with van der Waals surface area (Å²) in [6.07, 6.45) is 3.39. The van der Waals surface area contributed by atoms with Crippen molar-refractivity contribution in [1.29, 1.82) is 0 Å². The van der Waals surface area contributed by atoms with Gasteiger partial charge in [-0.3, -0.25) is 14.5 Å². The van der Waals surface area contributed by atoms with Gasteiger partial charge in [-0.1, -0.05) is 19.1 Å². The fourth-order valence-electron chi connectivity index (χ4n) is 3.13. The van der Waals surface area contributed by atoms with Crippen molar-refractivity contribution in [2.45, 2.75) is 51.7 Å². The maximum Gasteiger partial charge on any atom is 0.306 e. The van der Waals surface area contributed by atoms with Crippen LogP contribution in [0.2, 0.25) is 0 Å². The van der Waals surface area contributed by atoms with Gasteiger partial charge in [-0.05, 0) is 49.9 Å². The van der Waals surface area contributed by atoms with Crippen molar-refractivity contribution in [2.75, 3.05) is 32.8 Å². The molecule has 0 spiro atoms. The van der Waals surface area contributed by atoms with E-state index >= 15 is 0 Å². The molecule has 1 aliphatic rings. The summed E-state index contributed by atoms with van der Waals surface area (Å²) in [5.74, 6) is 0.157. The van der Waals surface area contributed by atoms with Crippen LogP contribution in [0.15, 0.2) is 24.3 Å². The first-order chi connectivity index (χ1) is 13.6. The number of esters is 1. The zero-order valence-corrected chi connectivity index (χ0v) is 16.7. The first-order valence-electron chi connectivity index (χ1n) is 10.1. The molecule has 0 aliphatic carbocycles. The van der Waals surface area contributed by atoms with Gasteiger partial charge in [0.05, 0.1) is 12.7 Å². The van der Waals surface area contributed by atoms with Gasteiger partial charge >= 0.3 is 5.97 Å². The average molecular weight is 392 g/mol. The predicted molar refractivity (Wildman–Crippen MR) is 106 cm³/mol. The minimum atomic E-state index is -0.347. The first kappa shape index (κ1) is 22.2. The number of hydrogen-bond acceptors (Lipinski definition) is 6. The Bertz CT molecular complexity index is 623. The van der Waals surface area contributed by atoms with E-state index in [1.54, 1.807) is 0 Å². The Balaban J connectivity index is 1.61. The predicted octanol–water partition coefficient (Wildman–Crippen LogP) is 1.87. The van der Waals surface area contributed by atoms with Crippen LogP contribution >= 0.6 is 0 Å². The molecule has 28 heavy (non-hydrogen) atoms. The summed E-state index contributed by atoms with van der Waals surface area (Å²) in [4.78, 5) is 25.1. The van der Waals surface area contributed by atoms with Gasteiger partial charge < -0.3 is 19.9 Å². The lowest BCUT2D eigenvalue weighted by Crippen LogP contribution is -2.37. The summed E-state index contributed by atoms with van der Waals surface area (Å²) in [7, 11) is 0. The molecule has 1 amide bonds. The number of β-amino-alcohol motifs (C(OH)–C–C–N with tert-alkyl or cyclic N) is 1. The molecule has 0 bridgehead atoms. The van der Waals surface area contributed by atoms with Crippen molar-refractivity contribution >= 4 is 11.9 Å². The molecule has 2 N–H and O–H groups in total. The highest BCUT2D eigenvalue weighted by Crippen LogP contribution is 2.18. The van der Waals surface area contributed by atoms with E-state index in [9.17, 15) is 14.7 Å². The van der Waals surface area contributed by atoms with Gasteiger partial charge in [0.15, 0.2) is 6.61 Å². The number of carbonyl (C=O) groups excluding carboxylic acids is 2. The van der Waals surface area contributed by atoms with Crippen LogP contribution in [0.1, 0.15) is 44.6 Å². The summed E-state index contributed by atoms with van der Waals surface area (Å²) < 4.78 is 10.6. The van der Waals surface area contributed by atoms with Crippen LogP contribution < -0.4 is 10.1 Å². The van der Waals surface area contributed by atoms with Crippen molar-refractivity contribution in [2.24, 2.45) is 0 Å². The summed E-state index contributed by atoms with van der Waals surface area (Å²) in [5, 5.41) is 12.5. The summed E-state index contributed by atoms with van der Waals surface area (Å²) >= 11 is 0. The number of ether oxygens (including phenoxy) is 2. The zero-order chi connectivity index (χ0) is 20.2. The molecule has 7 nitrogen and oxygen atoms in total. The number of hydrogen-bond donors (Lipinski definition) is 2. The van der Waals surface area contributed by atoms with Gasteiger partial charge in [0.1, 0.15) is 5.75 Å². The lowest BCUT2D eigenvalue weighted by molar-refractivity contribution is -0.148. The van der Waals surface area contributed by atoms with Crippen molar-refractivity contribution in [3.05, 3.63) is 29.8 Å². The normalized spacial score (nSPS) is 17.1. The number of aliphatic hydroxyl groups is 1. The van der Waals surface area contributed by atoms with Crippen LogP contribution in [0.3, 0.4) is 0 Å². The number of piperidine rings is 1. The van der Waals surface area contributed by atoms with Gasteiger partial charge in [0, 0.05) is 26.1 Å². The molecule has 7 heteroatoms. The van der Waals surface area contributed by atoms with E-state index in [2.05, 4.69) is 16.3 Å². The Labute approximate surface area is 167 Å². The topological polar surface area (TPSA) is 88.1 Å². The molecule has 1 aromatic rings. The van der Waals surface area contributed by atoms with Crippen LogP contribution in [0.25, 0.3) is 0 Å². The van der Waals surface area contributed by atoms with E-state index in [4.69, 9.17) is 9.47 Å². The first-order valence-corrected chi connectivity index (χ1v) is 10.1. The third kappa shape index (κ3) is 8.71. The average Bonchev–Trinajstić information content (AvgIpc) is 2.67. The molecule has 2 rings (SSSR count). The van der Waals surface area contributed by atoms with Gasteiger partial charge in [-0.2, -0.15) is 0 Å². The number of rotatable bonds is 11. The van der Waals surface area contributed by atoms with E-state index in [-0.39, 0.29) is 24.6 Å². The maximum atomic E-state index is 11.6. The zero-order valence-electron chi connectivity index (χ0n) is 16.7. The summed E-state index contributed by atoms with van der Waals surface area (Å²) in [5.41, 5.74) is 1.16. The van der Waals surface area contributed by atoms with E-state index in [1.165, 1.54) is 0 Å². The molecule has 0 saturated carbocycles. The van der Waals surface area contributed by atoms with Crippen LogP contribution in [0, 0.1) is 0 Å². The second-order valence-corrected chi connectivity index (χ2v) is 7.14. The Kier molecular flexibility index (Phi) is 9.79. The number of likely N-dealkylation sites (tertiary alicyclic amines) is 1. The number of aliphatic hydroxyl groups excluding tert-OH is 1.